The molecule has 5 atom stereocenters. The first kappa shape index (κ1) is 20.6. The molecule has 30 heavy (non-hydrogen) atoms. The molecule has 2 bridgehead atoms. The number of rotatable bonds is 6. The largest absolute Gasteiger partial charge is 0.493 e. The van der Waals surface area contributed by atoms with Crippen molar-refractivity contribution in [3.05, 3.63) is 34.3 Å². The molecule has 9 heteroatoms. The first-order valence-electron chi connectivity index (χ1n) is 9.57. The van der Waals surface area contributed by atoms with Gasteiger partial charge in [0.25, 0.3) is 11.8 Å². The van der Waals surface area contributed by atoms with E-state index in [4.69, 9.17) is 14.2 Å². The first-order valence-corrected chi connectivity index (χ1v) is 10.4. The molecule has 3 aliphatic rings. The van der Waals surface area contributed by atoms with Gasteiger partial charge < -0.3 is 14.2 Å². The molecule has 1 saturated carbocycles. The van der Waals surface area contributed by atoms with Crippen molar-refractivity contribution in [2.24, 2.45) is 28.8 Å². The van der Waals surface area contributed by atoms with Crippen LogP contribution in [0.2, 0.25) is 0 Å². The highest BCUT2D eigenvalue weighted by Crippen LogP contribution is 2.52. The van der Waals surface area contributed by atoms with Gasteiger partial charge in [-0.2, -0.15) is 10.1 Å². The fraction of sp³-hybridized carbons (Fsp3) is 0.429. The lowest BCUT2D eigenvalue weighted by molar-refractivity contribution is -0.148. The van der Waals surface area contributed by atoms with Crippen molar-refractivity contribution in [1.82, 2.24) is 5.01 Å². The molecule has 1 aromatic rings. The molecular formula is C21H21BrN2O6. The highest BCUT2D eigenvalue weighted by atomic mass is 79.9. The molecule has 0 radical (unpaired) electrons. The van der Waals surface area contributed by atoms with Gasteiger partial charge in [-0.05, 0) is 37.3 Å². The van der Waals surface area contributed by atoms with Crippen LogP contribution in [-0.2, 0) is 19.1 Å². The molecule has 0 unspecified atom stereocenters. The van der Waals surface area contributed by atoms with Crippen molar-refractivity contribution in [2.75, 3.05) is 14.2 Å². The first-order chi connectivity index (χ1) is 14.3. The Kier molecular flexibility index (Phi) is 5.40. The summed E-state index contributed by atoms with van der Waals surface area (Å²) in [6.07, 6.45) is 5.40. The van der Waals surface area contributed by atoms with Gasteiger partial charge in [0.15, 0.2) is 17.6 Å². The van der Waals surface area contributed by atoms with Gasteiger partial charge in [-0.25, -0.2) is 4.79 Å². The van der Waals surface area contributed by atoms with E-state index in [1.807, 2.05) is 12.2 Å². The van der Waals surface area contributed by atoms with Crippen LogP contribution in [0.5, 0.6) is 11.5 Å². The molecule has 1 aromatic carbocycles. The van der Waals surface area contributed by atoms with Crippen LogP contribution < -0.4 is 9.47 Å². The van der Waals surface area contributed by atoms with Gasteiger partial charge >= 0.3 is 5.97 Å². The molecule has 0 spiro atoms. The van der Waals surface area contributed by atoms with Crippen LogP contribution in [0.15, 0.2) is 33.9 Å². The van der Waals surface area contributed by atoms with Crippen LogP contribution in [0.3, 0.4) is 0 Å². The minimum absolute atomic E-state index is 0.113. The number of methoxy groups -OCH3 is 2. The third kappa shape index (κ3) is 3.30. The number of allylic oxidation sites excluding steroid dienone is 2. The minimum Gasteiger partial charge on any atom is -0.493 e. The molecule has 1 heterocycles. The molecule has 158 valence electrons. The zero-order chi connectivity index (χ0) is 21.6. The van der Waals surface area contributed by atoms with Crippen LogP contribution in [0.4, 0.5) is 0 Å². The highest BCUT2D eigenvalue weighted by molar-refractivity contribution is 9.10. The number of carbonyl (C=O) groups excluding carboxylic acids is 3. The number of benzene rings is 1. The van der Waals surface area contributed by atoms with E-state index in [-0.39, 0.29) is 41.2 Å². The second-order valence-electron chi connectivity index (χ2n) is 7.54. The number of hydrogen-bond donors (Lipinski definition) is 0. The average molecular weight is 477 g/mol. The lowest BCUT2D eigenvalue weighted by atomic mass is 9.85. The maximum absolute atomic E-state index is 12.8. The highest BCUT2D eigenvalue weighted by Gasteiger charge is 2.59. The fourth-order valence-corrected chi connectivity index (χ4v) is 4.93. The van der Waals surface area contributed by atoms with Crippen molar-refractivity contribution in [3.63, 3.8) is 0 Å². The topological polar surface area (TPSA) is 94.5 Å². The summed E-state index contributed by atoms with van der Waals surface area (Å²) in [4.78, 5) is 37.4. The van der Waals surface area contributed by atoms with E-state index in [0.717, 1.165) is 11.4 Å². The van der Waals surface area contributed by atoms with E-state index in [1.54, 1.807) is 19.1 Å². The minimum atomic E-state index is -0.895. The van der Waals surface area contributed by atoms with Gasteiger partial charge in [-0.3, -0.25) is 9.59 Å². The second kappa shape index (κ2) is 7.86. The molecule has 0 aromatic heterocycles. The molecule has 2 fully saturated rings. The van der Waals surface area contributed by atoms with Gasteiger partial charge in [0.1, 0.15) is 0 Å². The SMILES string of the molecule is COC(=O)[C@H](C)Oc1c(C=NN2C(=O)[C@@H]3[C@H](C2=O)[C@H]2C=C[C@H]3C2)cc(Br)cc1OC. The van der Waals surface area contributed by atoms with E-state index in [0.29, 0.717) is 15.8 Å². The average Bonchev–Trinajstić information content (AvgIpc) is 3.41. The van der Waals surface area contributed by atoms with Gasteiger partial charge in [0, 0.05) is 10.0 Å². The van der Waals surface area contributed by atoms with E-state index >= 15 is 0 Å². The Labute approximate surface area is 182 Å². The summed E-state index contributed by atoms with van der Waals surface area (Å²) in [5.74, 6) is -0.902. The number of ether oxygens (including phenoxy) is 3. The van der Waals surface area contributed by atoms with Crippen molar-refractivity contribution in [3.8, 4) is 11.5 Å². The lowest BCUT2D eigenvalue weighted by Crippen LogP contribution is -2.28. The van der Waals surface area contributed by atoms with Crippen molar-refractivity contribution >= 4 is 39.9 Å². The zero-order valence-electron chi connectivity index (χ0n) is 16.7. The molecule has 8 nitrogen and oxygen atoms in total. The normalized spacial score (nSPS) is 27.7. The van der Waals surface area contributed by atoms with Crippen LogP contribution in [0.25, 0.3) is 0 Å². The number of esters is 1. The van der Waals surface area contributed by atoms with E-state index in [9.17, 15) is 14.4 Å². The Morgan fingerprint density at radius 1 is 1.20 bits per heavy atom. The molecular weight excluding hydrogens is 456 g/mol. The van der Waals surface area contributed by atoms with Gasteiger partial charge in [-0.15, -0.1) is 0 Å². The predicted octanol–water partition coefficient (Wildman–Crippen LogP) is 2.54. The van der Waals surface area contributed by atoms with Crippen molar-refractivity contribution in [2.45, 2.75) is 19.4 Å². The van der Waals surface area contributed by atoms with E-state index in [1.165, 1.54) is 20.4 Å². The Bertz CT molecular complexity index is 944. The molecule has 2 aliphatic carbocycles. The molecule has 2 amide bonds. The Morgan fingerprint density at radius 2 is 1.83 bits per heavy atom. The third-order valence-corrected chi connectivity index (χ3v) is 6.31. The molecule has 1 saturated heterocycles. The zero-order valence-corrected chi connectivity index (χ0v) is 18.3. The van der Waals surface area contributed by atoms with E-state index < -0.39 is 12.1 Å². The summed E-state index contributed by atoms with van der Waals surface area (Å²) in [7, 11) is 2.74. The summed E-state index contributed by atoms with van der Waals surface area (Å²) in [6.45, 7) is 1.55. The molecule has 4 rings (SSSR count). The summed E-state index contributed by atoms with van der Waals surface area (Å²) >= 11 is 3.39. The second-order valence-corrected chi connectivity index (χ2v) is 8.46. The van der Waals surface area contributed by atoms with Gasteiger partial charge in [-0.1, -0.05) is 28.1 Å². The predicted molar refractivity (Wildman–Crippen MR) is 110 cm³/mol. The van der Waals surface area contributed by atoms with Crippen LogP contribution >= 0.6 is 15.9 Å². The fourth-order valence-electron chi connectivity index (χ4n) is 4.47. The standard InChI is InChI=1S/C21H21BrN2O6/c1-10(21(27)29-3)30-18-13(7-14(22)8-15(18)28-2)9-23-24-19(25)16-11-4-5-12(6-11)17(16)20(24)26/h4-5,7-12,16-17H,6H2,1-3H3/t10-,11-,12-,16-,17+/m0/s1. The smallest absolute Gasteiger partial charge is 0.346 e. The number of amides is 2. The number of hydrazone groups is 1. The quantitative estimate of drug-likeness (QED) is 0.271. The maximum atomic E-state index is 12.8. The van der Waals surface area contributed by atoms with Crippen LogP contribution in [0, 0.1) is 23.7 Å². The summed E-state index contributed by atoms with van der Waals surface area (Å²) in [5, 5.41) is 5.15. The number of carbonyl (C=O) groups is 3. The monoisotopic (exact) mass is 476 g/mol. The number of fused-ring (bicyclic) bond motifs is 5. The number of imide groups is 1. The third-order valence-electron chi connectivity index (χ3n) is 5.86. The Balaban J connectivity index is 1.63. The van der Waals surface area contributed by atoms with Crippen molar-refractivity contribution in [1.29, 1.82) is 0 Å². The van der Waals surface area contributed by atoms with Gasteiger partial charge in [0.05, 0.1) is 32.3 Å². The number of hydrogen-bond acceptors (Lipinski definition) is 7. The summed E-state index contributed by atoms with van der Waals surface area (Å²) < 4.78 is 16.5. The molecule has 0 N–H and O–H groups in total. The maximum Gasteiger partial charge on any atom is 0.346 e. The molecule has 1 aliphatic heterocycles. The van der Waals surface area contributed by atoms with Crippen molar-refractivity contribution < 1.29 is 28.6 Å². The van der Waals surface area contributed by atoms with Crippen LogP contribution in [0.1, 0.15) is 18.9 Å². The summed E-state index contributed by atoms with van der Waals surface area (Å²) in [5.41, 5.74) is 0.440. The Hall–Kier alpha value is -2.68. The Morgan fingerprint density at radius 3 is 2.40 bits per heavy atom. The summed E-state index contributed by atoms with van der Waals surface area (Å²) in [6, 6.07) is 3.37. The van der Waals surface area contributed by atoms with E-state index in [2.05, 4.69) is 21.0 Å². The number of nitrogens with zero attached hydrogens (tertiary/aromatic N) is 2. The van der Waals surface area contributed by atoms with Gasteiger partial charge in [0.2, 0.25) is 0 Å². The number of halogens is 1. The van der Waals surface area contributed by atoms with Crippen LogP contribution in [-0.4, -0.2) is 49.3 Å². The lowest BCUT2D eigenvalue weighted by Gasteiger charge is -2.18.